The van der Waals surface area contributed by atoms with Gasteiger partial charge in [0.25, 0.3) is 0 Å². The lowest BCUT2D eigenvalue weighted by Crippen LogP contribution is -2.18. The van der Waals surface area contributed by atoms with Crippen LogP contribution in [0.1, 0.15) is 41.2 Å². The fraction of sp³-hybridized carbons (Fsp3) is 0.600. The Bertz CT molecular complexity index is 589. The fourth-order valence-corrected chi connectivity index (χ4v) is 2.78. The molecule has 0 saturated carbocycles. The van der Waals surface area contributed by atoms with Crippen LogP contribution in [-0.2, 0) is 6.42 Å². The maximum atomic E-state index is 4.55. The molecule has 0 fully saturated rings. The molecule has 2 aromatic heterocycles. The number of hydrogen-bond donors (Lipinski definition) is 1. The van der Waals surface area contributed by atoms with Gasteiger partial charge in [0.2, 0.25) is 11.9 Å². The molecule has 22 heavy (non-hydrogen) atoms. The van der Waals surface area contributed by atoms with Gasteiger partial charge in [0.15, 0.2) is 0 Å². The van der Waals surface area contributed by atoms with Crippen molar-refractivity contribution in [1.82, 2.24) is 19.9 Å². The average molecular weight is 320 g/mol. The second-order valence-electron chi connectivity index (χ2n) is 5.79. The van der Waals surface area contributed by atoms with Crippen LogP contribution in [0.3, 0.4) is 0 Å². The summed E-state index contributed by atoms with van der Waals surface area (Å²) in [6.45, 7) is 9.08. The van der Waals surface area contributed by atoms with Crippen LogP contribution in [0.4, 0.5) is 11.9 Å². The van der Waals surface area contributed by atoms with Crippen LogP contribution in [0.5, 0.6) is 0 Å². The summed E-state index contributed by atoms with van der Waals surface area (Å²) in [5, 5.41) is 4.44. The van der Waals surface area contributed by atoms with Gasteiger partial charge in [0.1, 0.15) is 5.82 Å². The van der Waals surface area contributed by atoms with E-state index in [1.807, 2.05) is 25.9 Å². The maximum absolute atomic E-state index is 4.55. The van der Waals surface area contributed by atoms with Gasteiger partial charge in [0, 0.05) is 37.9 Å². The highest BCUT2D eigenvalue weighted by Gasteiger charge is 2.11. The molecule has 0 aliphatic heterocycles. The number of nitrogens with one attached hydrogen (secondary N) is 1. The van der Waals surface area contributed by atoms with E-state index in [2.05, 4.69) is 46.0 Å². The summed E-state index contributed by atoms with van der Waals surface area (Å²) in [6, 6.07) is 0. The molecule has 1 N–H and O–H groups in total. The van der Waals surface area contributed by atoms with Gasteiger partial charge >= 0.3 is 0 Å². The van der Waals surface area contributed by atoms with E-state index in [1.54, 1.807) is 11.3 Å². The van der Waals surface area contributed by atoms with Gasteiger partial charge in [0.05, 0.1) is 10.7 Å². The molecule has 0 aliphatic carbocycles. The number of hydrogen-bond acceptors (Lipinski definition) is 7. The third kappa shape index (κ3) is 4.13. The van der Waals surface area contributed by atoms with E-state index in [0.717, 1.165) is 29.5 Å². The number of rotatable bonds is 6. The van der Waals surface area contributed by atoms with E-state index in [-0.39, 0.29) is 5.92 Å². The van der Waals surface area contributed by atoms with Gasteiger partial charge in [-0.1, -0.05) is 13.8 Å². The molecular weight excluding hydrogens is 296 g/mol. The summed E-state index contributed by atoms with van der Waals surface area (Å²) in [5.74, 6) is 2.39. The lowest BCUT2D eigenvalue weighted by molar-refractivity contribution is 0.753. The van der Waals surface area contributed by atoms with Crippen LogP contribution in [0.25, 0.3) is 0 Å². The molecule has 0 unspecified atom stereocenters. The Kier molecular flexibility index (Phi) is 5.28. The number of thiazole rings is 1. The molecular formula is C15H24N6S. The summed E-state index contributed by atoms with van der Waals surface area (Å²) >= 11 is 1.75. The molecule has 7 heteroatoms. The summed E-state index contributed by atoms with van der Waals surface area (Å²) in [7, 11) is 3.87. The molecule has 0 aromatic carbocycles. The smallest absolute Gasteiger partial charge is 0.229 e. The number of anilines is 2. The summed E-state index contributed by atoms with van der Waals surface area (Å²) in [5.41, 5.74) is 1.12. The highest BCUT2D eigenvalue weighted by atomic mass is 32.1. The Labute approximate surface area is 136 Å². The van der Waals surface area contributed by atoms with Crippen LogP contribution in [-0.4, -0.2) is 40.6 Å². The van der Waals surface area contributed by atoms with Gasteiger partial charge in [-0.15, -0.1) is 11.3 Å². The first-order chi connectivity index (χ1) is 10.4. The molecule has 0 radical (unpaired) electrons. The maximum Gasteiger partial charge on any atom is 0.229 e. The van der Waals surface area contributed by atoms with Crippen molar-refractivity contribution >= 4 is 23.2 Å². The number of aryl methyl sites for hydroxylation is 2. The Morgan fingerprint density at radius 3 is 2.36 bits per heavy atom. The predicted octanol–water partition coefficient (Wildman–Crippen LogP) is 2.79. The zero-order chi connectivity index (χ0) is 16.3. The quantitative estimate of drug-likeness (QED) is 0.883. The van der Waals surface area contributed by atoms with Crippen molar-refractivity contribution in [3.8, 4) is 0 Å². The van der Waals surface area contributed by atoms with Crippen molar-refractivity contribution in [2.75, 3.05) is 30.9 Å². The predicted molar refractivity (Wildman–Crippen MR) is 92.0 cm³/mol. The van der Waals surface area contributed by atoms with Gasteiger partial charge < -0.3 is 10.2 Å². The molecule has 2 aromatic rings. The third-order valence-electron chi connectivity index (χ3n) is 3.25. The van der Waals surface area contributed by atoms with Gasteiger partial charge in [-0.3, -0.25) is 0 Å². The molecule has 0 bridgehead atoms. The molecule has 0 atom stereocenters. The van der Waals surface area contributed by atoms with E-state index < -0.39 is 0 Å². The molecule has 2 rings (SSSR count). The zero-order valence-corrected chi connectivity index (χ0v) is 15.0. The fourth-order valence-electron chi connectivity index (χ4n) is 1.85. The Balaban J connectivity index is 2.05. The van der Waals surface area contributed by atoms with Crippen LogP contribution in [0, 0.1) is 13.8 Å². The Morgan fingerprint density at radius 1 is 1.09 bits per heavy atom. The van der Waals surface area contributed by atoms with Crippen molar-refractivity contribution < 1.29 is 0 Å². The monoisotopic (exact) mass is 320 g/mol. The van der Waals surface area contributed by atoms with Crippen molar-refractivity contribution in [2.24, 2.45) is 0 Å². The molecule has 0 aliphatic rings. The first kappa shape index (κ1) is 16.6. The molecule has 0 saturated heterocycles. The molecule has 2 heterocycles. The summed E-state index contributed by atoms with van der Waals surface area (Å²) in [6.07, 6.45) is 0.874. The van der Waals surface area contributed by atoms with E-state index in [1.165, 1.54) is 4.88 Å². The second-order valence-corrected chi connectivity index (χ2v) is 7.08. The van der Waals surface area contributed by atoms with E-state index in [4.69, 9.17) is 0 Å². The van der Waals surface area contributed by atoms with Crippen LogP contribution in [0.15, 0.2) is 0 Å². The minimum absolute atomic E-state index is 0.270. The largest absolute Gasteiger partial charge is 0.354 e. The first-order valence-electron chi connectivity index (χ1n) is 7.47. The first-order valence-corrected chi connectivity index (χ1v) is 8.28. The minimum atomic E-state index is 0.270. The number of nitrogens with zero attached hydrogens (tertiary/aromatic N) is 5. The van der Waals surface area contributed by atoms with Crippen molar-refractivity contribution in [3.63, 3.8) is 0 Å². The minimum Gasteiger partial charge on any atom is -0.354 e. The normalized spacial score (nSPS) is 11.0. The highest BCUT2D eigenvalue weighted by molar-refractivity contribution is 7.11. The molecule has 0 spiro atoms. The standard InChI is InChI=1S/C15H24N6S/c1-9(2)13-18-14(20-15(19-13)21(5)6)16-8-7-12-17-10(3)11(4)22-12/h9H,7-8H2,1-6H3,(H,16,18,19,20). The highest BCUT2D eigenvalue weighted by Crippen LogP contribution is 2.18. The van der Waals surface area contributed by atoms with Crippen molar-refractivity contribution in [2.45, 2.75) is 40.0 Å². The van der Waals surface area contributed by atoms with E-state index >= 15 is 0 Å². The molecule has 0 amide bonds. The third-order valence-corrected chi connectivity index (χ3v) is 4.38. The van der Waals surface area contributed by atoms with Crippen LogP contribution < -0.4 is 10.2 Å². The topological polar surface area (TPSA) is 66.8 Å². The summed E-state index contributed by atoms with van der Waals surface area (Å²) < 4.78 is 0. The van der Waals surface area contributed by atoms with Gasteiger partial charge in [-0.2, -0.15) is 15.0 Å². The molecule has 120 valence electrons. The zero-order valence-electron chi connectivity index (χ0n) is 14.1. The van der Waals surface area contributed by atoms with Crippen LogP contribution >= 0.6 is 11.3 Å². The molecule has 6 nitrogen and oxygen atoms in total. The SMILES string of the molecule is Cc1nc(CCNc2nc(C(C)C)nc(N(C)C)n2)sc1C. The lowest BCUT2D eigenvalue weighted by Gasteiger charge is -2.14. The van der Waals surface area contributed by atoms with Crippen molar-refractivity contribution in [3.05, 3.63) is 21.4 Å². The second kappa shape index (κ2) is 7.00. The lowest BCUT2D eigenvalue weighted by atomic mass is 10.2. The van der Waals surface area contributed by atoms with Crippen molar-refractivity contribution in [1.29, 1.82) is 0 Å². The van der Waals surface area contributed by atoms with E-state index in [0.29, 0.717) is 11.9 Å². The summed E-state index contributed by atoms with van der Waals surface area (Å²) in [4.78, 5) is 21.1. The number of aromatic nitrogens is 4. The Morgan fingerprint density at radius 2 is 1.82 bits per heavy atom. The van der Waals surface area contributed by atoms with E-state index in [9.17, 15) is 0 Å². The van der Waals surface area contributed by atoms with Crippen LogP contribution in [0.2, 0.25) is 0 Å². The average Bonchev–Trinajstić information content (AvgIpc) is 2.77. The van der Waals surface area contributed by atoms with Gasteiger partial charge in [-0.25, -0.2) is 4.98 Å². The van der Waals surface area contributed by atoms with Gasteiger partial charge in [-0.05, 0) is 13.8 Å². The Hall–Kier alpha value is -1.76.